The first-order valence-corrected chi connectivity index (χ1v) is 15.2. The standard InChI is InChI=1S/C24H50O4Si/c1-4-27-29(3,28-5-2)21-19-17-15-13-11-9-7-6-8-10-12-14-16-18-20-25-22-24-23-26-24/h24H,4-23H2,1-3H3. The van der Waals surface area contributed by atoms with Crippen LogP contribution in [-0.2, 0) is 18.3 Å². The van der Waals surface area contributed by atoms with E-state index < -0.39 is 8.56 Å². The summed E-state index contributed by atoms with van der Waals surface area (Å²) in [6, 6.07) is 1.15. The van der Waals surface area contributed by atoms with Crippen LogP contribution in [0.1, 0.15) is 104 Å². The lowest BCUT2D eigenvalue weighted by Crippen LogP contribution is -2.38. The highest BCUT2D eigenvalue weighted by Crippen LogP contribution is 2.19. The summed E-state index contributed by atoms with van der Waals surface area (Å²) in [5, 5.41) is 0. The predicted molar refractivity (Wildman–Crippen MR) is 125 cm³/mol. The molecule has 0 aromatic rings. The van der Waals surface area contributed by atoms with Crippen molar-refractivity contribution in [3.05, 3.63) is 0 Å². The number of unbranched alkanes of at least 4 members (excludes halogenated alkanes) is 13. The molecule has 0 aliphatic carbocycles. The molecule has 1 aliphatic heterocycles. The predicted octanol–water partition coefficient (Wildman–Crippen LogP) is 7.01. The lowest BCUT2D eigenvalue weighted by molar-refractivity contribution is 0.113. The highest BCUT2D eigenvalue weighted by Gasteiger charge is 2.29. The van der Waals surface area contributed by atoms with Crippen molar-refractivity contribution >= 4 is 8.56 Å². The summed E-state index contributed by atoms with van der Waals surface area (Å²) < 4.78 is 22.5. The van der Waals surface area contributed by atoms with Gasteiger partial charge < -0.3 is 18.3 Å². The second-order valence-electron chi connectivity index (χ2n) is 8.73. The molecule has 0 aromatic heterocycles. The van der Waals surface area contributed by atoms with E-state index in [1.54, 1.807) is 0 Å². The van der Waals surface area contributed by atoms with Crippen molar-refractivity contribution in [1.82, 2.24) is 0 Å². The Labute approximate surface area is 182 Å². The van der Waals surface area contributed by atoms with Gasteiger partial charge in [0.1, 0.15) is 6.10 Å². The van der Waals surface area contributed by atoms with Gasteiger partial charge in [0.05, 0.1) is 13.2 Å². The summed E-state index contributed by atoms with van der Waals surface area (Å²) >= 11 is 0. The van der Waals surface area contributed by atoms with Gasteiger partial charge in [0.25, 0.3) is 0 Å². The third-order valence-electron chi connectivity index (χ3n) is 5.78. The fourth-order valence-electron chi connectivity index (χ4n) is 3.95. The molecule has 29 heavy (non-hydrogen) atoms. The van der Waals surface area contributed by atoms with Crippen LogP contribution in [0.2, 0.25) is 12.6 Å². The fourth-order valence-corrected chi connectivity index (χ4v) is 6.43. The van der Waals surface area contributed by atoms with Crippen molar-refractivity contribution in [2.45, 2.75) is 122 Å². The average Bonchev–Trinajstić information content (AvgIpc) is 3.52. The van der Waals surface area contributed by atoms with Crippen molar-refractivity contribution in [2.24, 2.45) is 0 Å². The molecule has 0 amide bonds. The van der Waals surface area contributed by atoms with Crippen LogP contribution in [0.4, 0.5) is 0 Å². The van der Waals surface area contributed by atoms with Crippen LogP contribution in [0.15, 0.2) is 0 Å². The number of hydrogen-bond acceptors (Lipinski definition) is 4. The molecule has 1 atom stereocenters. The smallest absolute Gasteiger partial charge is 0.334 e. The molecule has 1 aliphatic rings. The number of epoxide rings is 1. The van der Waals surface area contributed by atoms with Crippen molar-refractivity contribution in [3.8, 4) is 0 Å². The quantitative estimate of drug-likeness (QED) is 0.0993. The molecule has 174 valence electrons. The third-order valence-corrected chi connectivity index (χ3v) is 8.84. The summed E-state index contributed by atoms with van der Waals surface area (Å²) in [5.41, 5.74) is 0. The molecular formula is C24H50O4Si. The Hall–Kier alpha value is 0.0569. The maximum atomic E-state index is 5.92. The van der Waals surface area contributed by atoms with Crippen molar-refractivity contribution in [2.75, 3.05) is 33.0 Å². The van der Waals surface area contributed by atoms with E-state index in [9.17, 15) is 0 Å². The first-order valence-electron chi connectivity index (χ1n) is 12.7. The van der Waals surface area contributed by atoms with E-state index in [-0.39, 0.29) is 0 Å². The van der Waals surface area contributed by atoms with E-state index in [1.165, 1.54) is 89.9 Å². The minimum absolute atomic E-state index is 0.416. The van der Waals surface area contributed by atoms with Gasteiger partial charge in [0.2, 0.25) is 0 Å². The van der Waals surface area contributed by atoms with E-state index in [0.717, 1.165) is 39.1 Å². The van der Waals surface area contributed by atoms with Gasteiger partial charge in [-0.25, -0.2) is 0 Å². The maximum absolute atomic E-state index is 5.92. The molecule has 0 radical (unpaired) electrons. The number of hydrogen-bond donors (Lipinski definition) is 0. The Morgan fingerprint density at radius 3 is 1.52 bits per heavy atom. The molecule has 1 heterocycles. The molecular weight excluding hydrogens is 380 g/mol. The molecule has 1 saturated heterocycles. The second kappa shape index (κ2) is 18.8. The fraction of sp³-hybridized carbons (Fsp3) is 1.00. The SMILES string of the molecule is CCO[Si](C)(CCCCCCCCCCCCCCCCOCC1CO1)OCC. The Kier molecular flexibility index (Phi) is 17.6. The van der Waals surface area contributed by atoms with Crippen LogP contribution in [0, 0.1) is 0 Å². The van der Waals surface area contributed by atoms with Crippen molar-refractivity contribution in [1.29, 1.82) is 0 Å². The molecule has 0 aromatic carbocycles. The Bertz CT molecular complexity index is 344. The Morgan fingerprint density at radius 2 is 1.10 bits per heavy atom. The van der Waals surface area contributed by atoms with Gasteiger partial charge in [-0.3, -0.25) is 0 Å². The zero-order valence-corrected chi connectivity index (χ0v) is 20.9. The monoisotopic (exact) mass is 430 g/mol. The summed E-state index contributed by atoms with van der Waals surface area (Å²) in [6.07, 6.45) is 19.6. The first-order chi connectivity index (χ1) is 14.2. The Morgan fingerprint density at radius 1 is 0.690 bits per heavy atom. The van der Waals surface area contributed by atoms with Crippen molar-refractivity contribution < 1.29 is 18.3 Å². The van der Waals surface area contributed by atoms with Gasteiger partial charge in [-0.05, 0) is 32.9 Å². The van der Waals surface area contributed by atoms with Crippen molar-refractivity contribution in [3.63, 3.8) is 0 Å². The second-order valence-corrected chi connectivity index (χ2v) is 12.1. The number of rotatable bonds is 23. The van der Waals surface area contributed by atoms with Crippen LogP contribution in [0.25, 0.3) is 0 Å². The molecule has 4 nitrogen and oxygen atoms in total. The average molecular weight is 431 g/mol. The Balaban J connectivity index is 1.72. The maximum Gasteiger partial charge on any atom is 0.334 e. The van der Waals surface area contributed by atoms with E-state index in [1.807, 2.05) is 0 Å². The lowest BCUT2D eigenvalue weighted by atomic mass is 10.0. The van der Waals surface area contributed by atoms with E-state index in [2.05, 4.69) is 20.4 Å². The van der Waals surface area contributed by atoms with Crippen LogP contribution >= 0.6 is 0 Å². The minimum Gasteiger partial charge on any atom is -0.395 e. The highest BCUT2D eigenvalue weighted by atomic mass is 28.4. The van der Waals surface area contributed by atoms with Gasteiger partial charge in [0, 0.05) is 19.8 Å². The molecule has 1 fully saturated rings. The largest absolute Gasteiger partial charge is 0.395 e. The topological polar surface area (TPSA) is 40.2 Å². The molecule has 0 N–H and O–H groups in total. The van der Waals surface area contributed by atoms with Gasteiger partial charge in [-0.1, -0.05) is 83.5 Å². The summed E-state index contributed by atoms with van der Waals surface area (Å²) in [7, 11) is -1.87. The highest BCUT2D eigenvalue weighted by molar-refractivity contribution is 6.66. The van der Waals surface area contributed by atoms with Crippen LogP contribution in [0.3, 0.4) is 0 Å². The summed E-state index contributed by atoms with van der Waals surface area (Å²) in [4.78, 5) is 0. The zero-order valence-electron chi connectivity index (χ0n) is 19.9. The van der Waals surface area contributed by atoms with E-state index in [4.69, 9.17) is 18.3 Å². The zero-order chi connectivity index (χ0) is 21.0. The van der Waals surface area contributed by atoms with Gasteiger partial charge in [0.15, 0.2) is 0 Å². The van der Waals surface area contributed by atoms with E-state index in [0.29, 0.717) is 6.10 Å². The van der Waals surface area contributed by atoms with Crippen LogP contribution < -0.4 is 0 Å². The van der Waals surface area contributed by atoms with Crippen LogP contribution in [-0.4, -0.2) is 47.7 Å². The number of ether oxygens (including phenoxy) is 2. The summed E-state index contributed by atoms with van der Waals surface area (Å²) in [5.74, 6) is 0. The molecule has 5 heteroatoms. The molecule has 1 rings (SSSR count). The minimum atomic E-state index is -1.87. The molecule has 1 unspecified atom stereocenters. The van der Waals surface area contributed by atoms with Gasteiger partial charge in [-0.15, -0.1) is 0 Å². The lowest BCUT2D eigenvalue weighted by Gasteiger charge is -2.25. The molecule has 0 spiro atoms. The molecule has 0 saturated carbocycles. The normalized spacial score (nSPS) is 16.4. The van der Waals surface area contributed by atoms with Gasteiger partial charge in [-0.2, -0.15) is 0 Å². The molecule has 0 bridgehead atoms. The first kappa shape index (κ1) is 27.1. The van der Waals surface area contributed by atoms with Crippen LogP contribution in [0.5, 0.6) is 0 Å². The van der Waals surface area contributed by atoms with E-state index >= 15 is 0 Å². The summed E-state index contributed by atoms with van der Waals surface area (Å²) in [6.45, 7) is 10.6. The third kappa shape index (κ3) is 17.4. The van der Waals surface area contributed by atoms with Gasteiger partial charge >= 0.3 is 8.56 Å².